The van der Waals surface area contributed by atoms with Crippen LogP contribution < -0.4 is 14.4 Å². The highest BCUT2D eigenvalue weighted by Crippen LogP contribution is 2.18. The predicted molar refractivity (Wildman–Crippen MR) is 98.3 cm³/mol. The number of anilines is 1. The molecule has 1 fully saturated rings. The lowest BCUT2D eigenvalue weighted by Gasteiger charge is -2.16. The summed E-state index contributed by atoms with van der Waals surface area (Å²) in [6, 6.07) is 6.01. The van der Waals surface area contributed by atoms with Crippen molar-refractivity contribution < 1.29 is 17.9 Å². The van der Waals surface area contributed by atoms with E-state index in [1.807, 2.05) is 4.90 Å². The summed E-state index contributed by atoms with van der Waals surface area (Å²) in [5, 5.41) is 0. The quantitative estimate of drug-likeness (QED) is 0.700. The van der Waals surface area contributed by atoms with Gasteiger partial charge in [0.2, 0.25) is 16.0 Å². The van der Waals surface area contributed by atoms with Crippen molar-refractivity contribution in [3.63, 3.8) is 0 Å². The Labute approximate surface area is 157 Å². The van der Waals surface area contributed by atoms with Gasteiger partial charge in [0.1, 0.15) is 0 Å². The maximum absolute atomic E-state index is 12.5. The molecule has 10 heteroatoms. The van der Waals surface area contributed by atoms with E-state index in [9.17, 15) is 13.2 Å². The molecule has 3 rings (SSSR count). The highest BCUT2D eigenvalue weighted by molar-refractivity contribution is 7.89. The minimum Gasteiger partial charge on any atom is -0.467 e. The fraction of sp³-hybridized carbons (Fsp3) is 0.412. The van der Waals surface area contributed by atoms with Gasteiger partial charge in [0.15, 0.2) is 11.6 Å². The molecular weight excluding hydrogens is 370 g/mol. The number of carbonyl (C=O) groups is 1. The first-order valence-corrected chi connectivity index (χ1v) is 10.0. The van der Waals surface area contributed by atoms with Gasteiger partial charge in [0.05, 0.1) is 18.6 Å². The highest BCUT2D eigenvalue weighted by Gasteiger charge is 2.20. The molecule has 1 aliphatic heterocycles. The molecule has 0 radical (unpaired) electrons. The van der Waals surface area contributed by atoms with E-state index in [2.05, 4.69) is 19.7 Å². The van der Waals surface area contributed by atoms with Crippen LogP contribution in [0.1, 0.15) is 35.9 Å². The van der Waals surface area contributed by atoms with Gasteiger partial charge < -0.3 is 9.64 Å². The maximum atomic E-state index is 12.5. The van der Waals surface area contributed by atoms with Gasteiger partial charge in [-0.25, -0.2) is 13.1 Å². The van der Waals surface area contributed by atoms with Crippen molar-refractivity contribution in [2.75, 3.05) is 25.1 Å². The van der Waals surface area contributed by atoms with Gasteiger partial charge in [-0.2, -0.15) is 15.0 Å². The van der Waals surface area contributed by atoms with Gasteiger partial charge in [-0.15, -0.1) is 0 Å². The molecule has 0 bridgehead atoms. The first-order chi connectivity index (χ1) is 12.9. The summed E-state index contributed by atoms with van der Waals surface area (Å²) in [6.45, 7) is 2.95. The van der Waals surface area contributed by atoms with Crippen molar-refractivity contribution in [3.05, 3.63) is 35.7 Å². The first-order valence-electron chi connectivity index (χ1n) is 8.53. The molecule has 1 saturated heterocycles. The van der Waals surface area contributed by atoms with Gasteiger partial charge in [0.25, 0.3) is 0 Å². The summed E-state index contributed by atoms with van der Waals surface area (Å²) >= 11 is 0. The topological polar surface area (TPSA) is 114 Å². The molecule has 27 heavy (non-hydrogen) atoms. The van der Waals surface area contributed by atoms with Crippen LogP contribution in [-0.4, -0.2) is 49.4 Å². The summed E-state index contributed by atoms with van der Waals surface area (Å²) < 4.78 is 32.7. The molecule has 0 unspecified atom stereocenters. The number of benzene rings is 1. The summed E-state index contributed by atoms with van der Waals surface area (Å²) in [4.78, 5) is 26.2. The zero-order valence-corrected chi connectivity index (χ0v) is 16.0. The Kier molecular flexibility index (Phi) is 5.66. The smallest absolute Gasteiger partial charge is 0.321 e. The number of hydrogen-bond donors (Lipinski definition) is 1. The van der Waals surface area contributed by atoms with Crippen molar-refractivity contribution in [1.82, 2.24) is 19.7 Å². The Morgan fingerprint density at radius 3 is 2.63 bits per heavy atom. The largest absolute Gasteiger partial charge is 0.467 e. The van der Waals surface area contributed by atoms with Gasteiger partial charge in [-0.1, -0.05) is 12.1 Å². The molecule has 0 amide bonds. The monoisotopic (exact) mass is 391 g/mol. The van der Waals surface area contributed by atoms with E-state index in [0.29, 0.717) is 11.5 Å². The summed E-state index contributed by atoms with van der Waals surface area (Å²) in [7, 11) is -2.37. The van der Waals surface area contributed by atoms with E-state index in [1.165, 1.54) is 32.2 Å². The van der Waals surface area contributed by atoms with Crippen LogP contribution in [0.15, 0.2) is 29.2 Å². The molecule has 0 saturated carbocycles. The summed E-state index contributed by atoms with van der Waals surface area (Å²) in [6.07, 6.45) is 2.12. The normalized spacial score (nSPS) is 14.4. The predicted octanol–water partition coefficient (Wildman–Crippen LogP) is 1.16. The number of carbonyl (C=O) groups excluding carboxylic acids is 1. The molecule has 1 N–H and O–H groups in total. The number of ether oxygens (including phenoxy) is 1. The van der Waals surface area contributed by atoms with Crippen molar-refractivity contribution in [2.45, 2.75) is 31.2 Å². The molecule has 1 aromatic carbocycles. The highest BCUT2D eigenvalue weighted by atomic mass is 32.2. The molecular formula is C17H21N5O4S. The Hall–Kier alpha value is -2.59. The van der Waals surface area contributed by atoms with Gasteiger partial charge >= 0.3 is 6.01 Å². The SMILES string of the molecule is COc1nc(CNS(=O)(=O)c2cccc(C(C)=O)c2)nc(N2CCCC2)n1. The van der Waals surface area contributed by atoms with Crippen molar-refractivity contribution in [1.29, 1.82) is 0 Å². The molecule has 0 aliphatic carbocycles. The Morgan fingerprint density at radius 2 is 1.96 bits per heavy atom. The van der Waals surface area contributed by atoms with Crippen LogP contribution in [0.4, 0.5) is 5.95 Å². The second-order valence-corrected chi connectivity index (χ2v) is 7.91. The number of methoxy groups -OCH3 is 1. The number of ketones is 1. The number of sulfonamides is 1. The van der Waals surface area contributed by atoms with Crippen LogP contribution in [-0.2, 0) is 16.6 Å². The fourth-order valence-electron chi connectivity index (χ4n) is 2.74. The van der Waals surface area contributed by atoms with Crippen LogP contribution in [0.25, 0.3) is 0 Å². The molecule has 1 aliphatic rings. The minimum absolute atomic E-state index is 0.0102. The molecule has 144 valence electrons. The van der Waals surface area contributed by atoms with E-state index in [1.54, 1.807) is 6.07 Å². The molecule has 2 aromatic rings. The minimum atomic E-state index is -3.82. The fourth-order valence-corrected chi connectivity index (χ4v) is 3.77. The lowest BCUT2D eigenvalue weighted by molar-refractivity contribution is 0.101. The average molecular weight is 391 g/mol. The summed E-state index contributed by atoms with van der Waals surface area (Å²) in [5.74, 6) is 0.534. The second-order valence-electron chi connectivity index (χ2n) is 6.14. The summed E-state index contributed by atoms with van der Waals surface area (Å²) in [5.41, 5.74) is 0.330. The van der Waals surface area contributed by atoms with Crippen LogP contribution in [0, 0.1) is 0 Å². The number of hydrogen-bond acceptors (Lipinski definition) is 8. The lowest BCUT2D eigenvalue weighted by Crippen LogP contribution is -2.26. The van der Waals surface area contributed by atoms with Crippen LogP contribution in [0.3, 0.4) is 0 Å². The second kappa shape index (κ2) is 7.97. The number of aromatic nitrogens is 3. The molecule has 1 aromatic heterocycles. The van der Waals surface area contributed by atoms with E-state index in [-0.39, 0.29) is 29.1 Å². The Balaban J connectivity index is 1.80. The Morgan fingerprint density at radius 1 is 1.22 bits per heavy atom. The van der Waals surface area contributed by atoms with Gasteiger partial charge in [-0.05, 0) is 31.9 Å². The van der Waals surface area contributed by atoms with Gasteiger partial charge in [-0.3, -0.25) is 4.79 Å². The Bertz CT molecular complexity index is 942. The number of nitrogens with zero attached hydrogens (tertiary/aromatic N) is 4. The third-order valence-corrected chi connectivity index (χ3v) is 5.59. The van der Waals surface area contributed by atoms with E-state index < -0.39 is 10.0 Å². The van der Waals surface area contributed by atoms with E-state index in [4.69, 9.17) is 4.74 Å². The molecule has 0 spiro atoms. The van der Waals surface area contributed by atoms with E-state index in [0.717, 1.165) is 25.9 Å². The number of rotatable bonds is 7. The van der Waals surface area contributed by atoms with Crippen molar-refractivity contribution >= 4 is 21.8 Å². The third kappa shape index (κ3) is 4.58. The van der Waals surface area contributed by atoms with Crippen molar-refractivity contribution in [3.8, 4) is 6.01 Å². The maximum Gasteiger partial charge on any atom is 0.321 e. The van der Waals surface area contributed by atoms with Crippen molar-refractivity contribution in [2.24, 2.45) is 0 Å². The van der Waals surface area contributed by atoms with Crippen LogP contribution >= 0.6 is 0 Å². The standard InChI is InChI=1S/C17H21N5O4S/c1-12(23)13-6-5-7-14(10-13)27(24,25)18-11-15-19-16(21-17(20-15)26-2)22-8-3-4-9-22/h5-7,10,18H,3-4,8-9,11H2,1-2H3. The molecule has 2 heterocycles. The van der Waals surface area contributed by atoms with Gasteiger partial charge in [0, 0.05) is 18.7 Å². The third-order valence-electron chi connectivity index (χ3n) is 4.19. The lowest BCUT2D eigenvalue weighted by atomic mass is 10.2. The zero-order valence-electron chi connectivity index (χ0n) is 15.2. The number of nitrogens with one attached hydrogen (secondary N) is 1. The first kappa shape index (κ1) is 19.2. The van der Waals surface area contributed by atoms with Crippen LogP contribution in [0.5, 0.6) is 6.01 Å². The molecule has 9 nitrogen and oxygen atoms in total. The average Bonchev–Trinajstić information content (AvgIpc) is 3.21. The van der Waals surface area contributed by atoms with Crippen LogP contribution in [0.2, 0.25) is 0 Å². The molecule has 0 atom stereocenters. The van der Waals surface area contributed by atoms with E-state index >= 15 is 0 Å². The number of Topliss-reactive ketones (excluding diaryl/α,β-unsaturated/α-hetero) is 1. The zero-order chi connectivity index (χ0) is 19.4.